The molecule has 0 aromatic carbocycles. The minimum atomic E-state index is -0.894. The van der Waals surface area contributed by atoms with Crippen LogP contribution in [0.5, 0.6) is 0 Å². The van der Waals surface area contributed by atoms with Crippen LogP contribution in [-0.4, -0.2) is 58.4 Å². The highest BCUT2D eigenvalue weighted by atomic mass is 16.4. The number of hydrogen-bond donors (Lipinski definition) is 1. The van der Waals surface area contributed by atoms with Crippen LogP contribution < -0.4 is 0 Å². The molecule has 1 amide bonds. The second-order valence-electron chi connectivity index (χ2n) is 6.49. The lowest BCUT2D eigenvalue weighted by Gasteiger charge is -2.40. The van der Waals surface area contributed by atoms with Gasteiger partial charge in [-0.1, -0.05) is 12.1 Å². The van der Waals surface area contributed by atoms with Gasteiger partial charge in [0.25, 0.3) is 0 Å². The Labute approximate surface area is 142 Å². The molecule has 1 N–H and O–H groups in total. The third-order valence-electron chi connectivity index (χ3n) is 4.48. The molecule has 24 heavy (non-hydrogen) atoms. The topological polar surface area (TPSA) is 73.7 Å². The smallest absolute Gasteiger partial charge is 0.311 e. The zero-order valence-corrected chi connectivity index (χ0v) is 14.1. The Hall–Kier alpha value is -2.21. The van der Waals surface area contributed by atoms with Gasteiger partial charge in [0.15, 0.2) is 0 Å². The molecule has 0 spiro atoms. The van der Waals surface area contributed by atoms with Crippen molar-refractivity contribution in [3.05, 3.63) is 42.7 Å². The maximum Gasteiger partial charge on any atom is 0.311 e. The van der Waals surface area contributed by atoms with Crippen molar-refractivity contribution in [2.75, 3.05) is 26.7 Å². The number of nitrogens with zero attached hydrogens (tertiary/aromatic N) is 3. The van der Waals surface area contributed by atoms with Crippen LogP contribution in [-0.2, 0) is 16.1 Å². The van der Waals surface area contributed by atoms with Gasteiger partial charge in [0, 0.05) is 25.8 Å². The lowest BCUT2D eigenvalue weighted by molar-refractivity contribution is -0.154. The van der Waals surface area contributed by atoms with E-state index in [0.717, 1.165) is 5.69 Å². The lowest BCUT2D eigenvalue weighted by atomic mass is 9.77. The number of rotatable bonds is 7. The standard InChI is InChI=1S/C18H25N3O3/c1-3-8-18(17(23)24)9-6-11-21(14-18)16(22)13-20(2)12-15-7-4-5-10-19-15/h3-5,7,10H,1,6,8-9,11-14H2,2H3,(H,23,24)/t18-/m0/s1. The van der Waals surface area contributed by atoms with E-state index in [0.29, 0.717) is 32.4 Å². The number of carboxylic acid groups (broad SMARTS) is 1. The summed E-state index contributed by atoms with van der Waals surface area (Å²) in [6, 6.07) is 5.69. The van der Waals surface area contributed by atoms with Gasteiger partial charge in [-0.15, -0.1) is 6.58 Å². The van der Waals surface area contributed by atoms with Gasteiger partial charge in [-0.3, -0.25) is 19.5 Å². The predicted molar refractivity (Wildman–Crippen MR) is 91.3 cm³/mol. The van der Waals surface area contributed by atoms with Gasteiger partial charge >= 0.3 is 5.97 Å². The van der Waals surface area contributed by atoms with Crippen molar-refractivity contribution < 1.29 is 14.7 Å². The largest absolute Gasteiger partial charge is 0.481 e. The zero-order chi connectivity index (χ0) is 17.6. The Morgan fingerprint density at radius 2 is 2.29 bits per heavy atom. The second kappa shape index (κ2) is 8.06. The van der Waals surface area contributed by atoms with Crippen LogP contribution in [0, 0.1) is 5.41 Å². The first-order valence-electron chi connectivity index (χ1n) is 8.17. The molecule has 1 aliphatic rings. The van der Waals surface area contributed by atoms with Gasteiger partial charge in [-0.25, -0.2) is 0 Å². The molecule has 0 radical (unpaired) electrons. The van der Waals surface area contributed by atoms with Crippen molar-refractivity contribution in [2.24, 2.45) is 5.41 Å². The third-order valence-corrected chi connectivity index (χ3v) is 4.48. The van der Waals surface area contributed by atoms with E-state index in [2.05, 4.69) is 11.6 Å². The molecule has 130 valence electrons. The summed E-state index contributed by atoms with van der Waals surface area (Å²) in [5.74, 6) is -0.885. The maximum absolute atomic E-state index is 12.6. The number of carbonyl (C=O) groups excluding carboxylic acids is 1. The molecule has 0 unspecified atom stereocenters. The molecule has 6 heteroatoms. The van der Waals surface area contributed by atoms with Crippen molar-refractivity contribution in [3.8, 4) is 0 Å². The molecular weight excluding hydrogens is 306 g/mol. The van der Waals surface area contributed by atoms with Crippen LogP contribution in [0.1, 0.15) is 25.0 Å². The molecule has 0 saturated carbocycles. The molecule has 1 atom stereocenters. The van der Waals surface area contributed by atoms with Crippen LogP contribution in [0.4, 0.5) is 0 Å². The molecule has 1 aliphatic heterocycles. The summed E-state index contributed by atoms with van der Waals surface area (Å²) in [6.07, 6.45) is 5.04. The number of likely N-dealkylation sites (tertiary alicyclic amines) is 1. The summed E-state index contributed by atoms with van der Waals surface area (Å²) in [4.78, 5) is 32.1. The molecule has 1 aromatic rings. The summed E-state index contributed by atoms with van der Waals surface area (Å²) >= 11 is 0. The number of amides is 1. The number of carbonyl (C=O) groups is 2. The fourth-order valence-corrected chi connectivity index (χ4v) is 3.20. The molecule has 2 heterocycles. The van der Waals surface area contributed by atoms with Gasteiger partial charge in [-0.2, -0.15) is 0 Å². The summed E-state index contributed by atoms with van der Waals surface area (Å²) in [6.45, 7) is 5.36. The zero-order valence-electron chi connectivity index (χ0n) is 14.1. The third kappa shape index (κ3) is 4.41. The number of aliphatic carboxylic acids is 1. The summed E-state index contributed by atoms with van der Waals surface area (Å²) in [7, 11) is 1.87. The number of likely N-dealkylation sites (N-methyl/N-ethyl adjacent to an activating group) is 1. The normalized spacial score (nSPS) is 20.8. The van der Waals surface area contributed by atoms with Gasteiger partial charge in [0.1, 0.15) is 0 Å². The van der Waals surface area contributed by atoms with Crippen molar-refractivity contribution in [1.82, 2.24) is 14.8 Å². The monoisotopic (exact) mass is 331 g/mol. The highest BCUT2D eigenvalue weighted by Crippen LogP contribution is 2.34. The minimum Gasteiger partial charge on any atom is -0.481 e. The van der Waals surface area contributed by atoms with Crippen LogP contribution in [0.15, 0.2) is 37.1 Å². The Bertz CT molecular complexity index is 590. The molecular formula is C18H25N3O3. The first-order chi connectivity index (χ1) is 11.5. The minimum absolute atomic E-state index is 0.0391. The average Bonchev–Trinajstić information content (AvgIpc) is 2.56. The Morgan fingerprint density at radius 3 is 2.92 bits per heavy atom. The van der Waals surface area contributed by atoms with Gasteiger partial charge in [-0.05, 0) is 38.4 Å². The van der Waals surface area contributed by atoms with Crippen molar-refractivity contribution in [3.63, 3.8) is 0 Å². The van der Waals surface area contributed by atoms with E-state index in [1.807, 2.05) is 30.1 Å². The lowest BCUT2D eigenvalue weighted by Crippen LogP contribution is -2.51. The molecule has 1 aromatic heterocycles. The Balaban J connectivity index is 1.96. The first-order valence-corrected chi connectivity index (χ1v) is 8.17. The van der Waals surface area contributed by atoms with Crippen LogP contribution in [0.3, 0.4) is 0 Å². The average molecular weight is 331 g/mol. The van der Waals surface area contributed by atoms with Crippen LogP contribution in [0.25, 0.3) is 0 Å². The number of hydrogen-bond acceptors (Lipinski definition) is 4. The first kappa shape index (κ1) is 18.1. The van der Waals surface area contributed by atoms with E-state index in [9.17, 15) is 14.7 Å². The quantitative estimate of drug-likeness (QED) is 0.771. The molecule has 1 saturated heterocycles. The van der Waals surface area contributed by atoms with E-state index >= 15 is 0 Å². The Morgan fingerprint density at radius 1 is 1.50 bits per heavy atom. The number of carboxylic acids is 1. The number of pyridine rings is 1. The highest BCUT2D eigenvalue weighted by molar-refractivity contribution is 5.81. The van der Waals surface area contributed by atoms with E-state index < -0.39 is 11.4 Å². The van der Waals surface area contributed by atoms with Crippen molar-refractivity contribution in [2.45, 2.75) is 25.8 Å². The summed E-state index contributed by atoms with van der Waals surface area (Å²) in [5, 5.41) is 9.59. The summed E-state index contributed by atoms with van der Waals surface area (Å²) in [5.41, 5.74) is 0.00728. The molecule has 2 rings (SSSR count). The molecule has 6 nitrogen and oxygen atoms in total. The molecule has 0 aliphatic carbocycles. The van der Waals surface area contributed by atoms with Crippen LogP contribution in [0.2, 0.25) is 0 Å². The number of piperidine rings is 1. The summed E-state index contributed by atoms with van der Waals surface area (Å²) < 4.78 is 0. The number of allylic oxidation sites excluding steroid dienone is 1. The van der Waals surface area contributed by atoms with Gasteiger partial charge in [0.05, 0.1) is 17.7 Å². The Kier molecular flexibility index (Phi) is 6.09. The number of aromatic nitrogens is 1. The maximum atomic E-state index is 12.6. The highest BCUT2D eigenvalue weighted by Gasteiger charge is 2.42. The van der Waals surface area contributed by atoms with Crippen LogP contribution >= 0.6 is 0 Å². The predicted octanol–water partition coefficient (Wildman–Crippen LogP) is 1.78. The van der Waals surface area contributed by atoms with Gasteiger partial charge in [0.2, 0.25) is 5.91 Å². The second-order valence-corrected chi connectivity index (χ2v) is 6.49. The fraction of sp³-hybridized carbons (Fsp3) is 0.500. The van der Waals surface area contributed by atoms with Crippen molar-refractivity contribution in [1.29, 1.82) is 0 Å². The molecule has 0 bridgehead atoms. The SMILES string of the molecule is C=CC[C@]1(C(=O)O)CCCN(C(=O)CN(C)Cc2ccccn2)C1. The van der Waals surface area contributed by atoms with Crippen molar-refractivity contribution >= 4 is 11.9 Å². The molecule has 1 fully saturated rings. The van der Waals surface area contributed by atoms with E-state index in [-0.39, 0.29) is 19.0 Å². The van der Waals surface area contributed by atoms with Gasteiger partial charge < -0.3 is 10.0 Å². The van der Waals surface area contributed by atoms with E-state index in [1.54, 1.807) is 17.2 Å². The van der Waals surface area contributed by atoms with E-state index in [1.165, 1.54) is 0 Å². The van der Waals surface area contributed by atoms with E-state index in [4.69, 9.17) is 0 Å². The fourth-order valence-electron chi connectivity index (χ4n) is 3.20.